The Morgan fingerprint density at radius 3 is 2.42 bits per heavy atom. The van der Waals surface area contributed by atoms with E-state index in [2.05, 4.69) is 71.5 Å². The van der Waals surface area contributed by atoms with Crippen LogP contribution in [0.4, 0.5) is 0 Å². The van der Waals surface area contributed by atoms with Crippen LogP contribution >= 0.6 is 24.2 Å². The van der Waals surface area contributed by atoms with Gasteiger partial charge in [0.2, 0.25) is 0 Å². The van der Waals surface area contributed by atoms with Crippen molar-refractivity contribution in [2.45, 2.75) is 17.7 Å². The molecule has 0 bridgehead atoms. The maximum atomic E-state index is 2.60. The quantitative estimate of drug-likeness (QED) is 0.749. The average Bonchev–Trinajstić information content (AvgIpc) is 2.80. The van der Waals surface area contributed by atoms with Gasteiger partial charge >= 0.3 is 0 Å². The summed E-state index contributed by atoms with van der Waals surface area (Å²) in [6.07, 6.45) is 4.63. The van der Waals surface area contributed by atoms with Crippen molar-refractivity contribution >= 4 is 29.1 Å². The van der Waals surface area contributed by atoms with E-state index in [0.717, 1.165) is 12.8 Å². The van der Waals surface area contributed by atoms with E-state index in [4.69, 9.17) is 0 Å². The number of nitrogens with zero attached hydrogens (tertiary/aromatic N) is 2. The molecule has 26 heavy (non-hydrogen) atoms. The molecule has 2 aliphatic heterocycles. The van der Waals surface area contributed by atoms with E-state index in [1.54, 1.807) is 0 Å². The summed E-state index contributed by atoms with van der Waals surface area (Å²) in [5.41, 5.74) is 4.32. The highest BCUT2D eigenvalue weighted by Crippen LogP contribution is 2.42. The molecule has 2 aromatic carbocycles. The maximum Gasteiger partial charge on any atom is 0.0158 e. The van der Waals surface area contributed by atoms with Crippen molar-refractivity contribution in [2.75, 3.05) is 39.8 Å². The zero-order chi connectivity index (χ0) is 17.1. The summed E-state index contributed by atoms with van der Waals surface area (Å²) in [7, 11) is 2.22. The lowest BCUT2D eigenvalue weighted by atomic mass is 9.99. The molecule has 0 saturated carbocycles. The van der Waals surface area contributed by atoms with Gasteiger partial charge in [0.25, 0.3) is 0 Å². The Hall–Kier alpha value is -1.26. The van der Waals surface area contributed by atoms with Gasteiger partial charge in [-0.2, -0.15) is 0 Å². The summed E-state index contributed by atoms with van der Waals surface area (Å²) < 4.78 is 0. The van der Waals surface area contributed by atoms with Gasteiger partial charge in [-0.05, 0) is 42.6 Å². The van der Waals surface area contributed by atoms with Crippen molar-refractivity contribution < 1.29 is 0 Å². The average molecular weight is 387 g/mol. The number of rotatable bonds is 3. The first-order valence-corrected chi connectivity index (χ1v) is 10.1. The van der Waals surface area contributed by atoms with Crippen LogP contribution in [0.1, 0.15) is 23.1 Å². The Kier molecular flexibility index (Phi) is 6.82. The lowest BCUT2D eigenvalue weighted by Gasteiger charge is -2.32. The summed E-state index contributed by atoms with van der Waals surface area (Å²) in [5, 5.41) is 0. The molecule has 1 saturated heterocycles. The van der Waals surface area contributed by atoms with Gasteiger partial charge in [-0.1, -0.05) is 60.3 Å². The topological polar surface area (TPSA) is 6.48 Å². The molecular formula is C22H27ClN2S. The van der Waals surface area contributed by atoms with Crippen LogP contribution in [0.3, 0.4) is 0 Å². The van der Waals surface area contributed by atoms with Gasteiger partial charge in [-0.15, -0.1) is 12.4 Å². The molecule has 138 valence electrons. The van der Waals surface area contributed by atoms with Gasteiger partial charge in [0.15, 0.2) is 0 Å². The first-order chi connectivity index (χ1) is 12.3. The van der Waals surface area contributed by atoms with E-state index in [1.165, 1.54) is 59.2 Å². The van der Waals surface area contributed by atoms with Gasteiger partial charge in [0.1, 0.15) is 0 Å². The minimum absolute atomic E-state index is 0. The van der Waals surface area contributed by atoms with Crippen LogP contribution < -0.4 is 0 Å². The largest absolute Gasteiger partial charge is 0.304 e. The van der Waals surface area contributed by atoms with Crippen LogP contribution in [0.5, 0.6) is 0 Å². The number of hydrogen-bond donors (Lipinski definition) is 0. The molecule has 1 fully saturated rings. The van der Waals surface area contributed by atoms with E-state index in [9.17, 15) is 0 Å². The van der Waals surface area contributed by atoms with E-state index in [-0.39, 0.29) is 12.4 Å². The third kappa shape index (κ3) is 4.52. The second kappa shape index (κ2) is 9.09. The Balaban J connectivity index is 0.00000196. The number of fused-ring (bicyclic) bond motifs is 2. The molecule has 0 unspecified atom stereocenters. The predicted molar refractivity (Wildman–Crippen MR) is 115 cm³/mol. The smallest absolute Gasteiger partial charge is 0.0158 e. The van der Waals surface area contributed by atoms with Gasteiger partial charge in [-0.3, -0.25) is 0 Å². The van der Waals surface area contributed by atoms with E-state index in [1.807, 2.05) is 11.8 Å². The van der Waals surface area contributed by atoms with Crippen LogP contribution in [0.2, 0.25) is 0 Å². The third-order valence-electron chi connectivity index (χ3n) is 5.23. The standard InChI is InChI=1S/C22H26N2S.ClH/c1-23-13-15-24(16-14-23)12-6-11-22-20-9-4-2-7-18(20)17-19-8-3-5-10-21(19)25-22;/h2-5,7-11H,6,12-17H2,1H3;1H/b22-11+;. The number of hydrogen-bond acceptors (Lipinski definition) is 3. The van der Waals surface area contributed by atoms with Crippen molar-refractivity contribution in [1.82, 2.24) is 9.80 Å². The zero-order valence-corrected chi connectivity index (χ0v) is 17.0. The molecule has 0 spiro atoms. The molecule has 4 heteroatoms. The van der Waals surface area contributed by atoms with Crippen LogP contribution in [-0.4, -0.2) is 49.6 Å². The number of benzene rings is 2. The zero-order valence-electron chi connectivity index (χ0n) is 15.4. The molecule has 0 atom stereocenters. The fourth-order valence-corrected chi connectivity index (χ4v) is 4.81. The summed E-state index contributed by atoms with van der Waals surface area (Å²) in [6, 6.07) is 17.8. The van der Waals surface area contributed by atoms with E-state index in [0.29, 0.717) is 0 Å². The van der Waals surface area contributed by atoms with Crippen molar-refractivity contribution in [2.24, 2.45) is 0 Å². The number of thioether (sulfide) groups is 1. The highest BCUT2D eigenvalue weighted by atomic mass is 35.5. The van der Waals surface area contributed by atoms with Crippen molar-refractivity contribution in [1.29, 1.82) is 0 Å². The molecule has 2 nitrogen and oxygen atoms in total. The van der Waals surface area contributed by atoms with Crippen LogP contribution in [0.25, 0.3) is 4.91 Å². The first kappa shape index (κ1) is 19.5. The summed E-state index contributed by atoms with van der Waals surface area (Å²) in [6.45, 7) is 5.96. The van der Waals surface area contributed by atoms with Gasteiger partial charge in [0.05, 0.1) is 0 Å². The molecule has 2 aromatic rings. The van der Waals surface area contributed by atoms with Crippen molar-refractivity contribution in [3.8, 4) is 0 Å². The lowest BCUT2D eigenvalue weighted by Crippen LogP contribution is -2.44. The predicted octanol–water partition coefficient (Wildman–Crippen LogP) is 4.78. The fourth-order valence-electron chi connectivity index (χ4n) is 3.64. The van der Waals surface area contributed by atoms with E-state index >= 15 is 0 Å². The Morgan fingerprint density at radius 1 is 0.923 bits per heavy atom. The molecular weight excluding hydrogens is 360 g/mol. The highest BCUT2D eigenvalue weighted by molar-refractivity contribution is 8.08. The number of likely N-dealkylation sites (N-methyl/N-ethyl adjacent to an activating group) is 1. The first-order valence-electron chi connectivity index (χ1n) is 9.25. The van der Waals surface area contributed by atoms with Crippen LogP contribution in [-0.2, 0) is 6.42 Å². The SMILES string of the molecule is CN1CCN(CC/C=C2/Sc3ccccc3Cc3ccccc32)CC1.Cl. The molecule has 0 amide bonds. The second-order valence-corrected chi connectivity index (χ2v) is 8.13. The fraction of sp³-hybridized carbons (Fsp3) is 0.364. The van der Waals surface area contributed by atoms with Crippen molar-refractivity contribution in [3.05, 3.63) is 71.3 Å². The van der Waals surface area contributed by atoms with Gasteiger partial charge in [0, 0.05) is 42.5 Å². The Morgan fingerprint density at radius 2 is 1.62 bits per heavy atom. The monoisotopic (exact) mass is 386 g/mol. The molecule has 0 aromatic heterocycles. The second-order valence-electron chi connectivity index (χ2n) is 7.05. The molecule has 2 aliphatic rings. The van der Waals surface area contributed by atoms with Gasteiger partial charge < -0.3 is 9.80 Å². The van der Waals surface area contributed by atoms with Crippen LogP contribution in [0.15, 0.2) is 59.5 Å². The van der Waals surface area contributed by atoms with Gasteiger partial charge in [-0.25, -0.2) is 0 Å². The summed E-state index contributed by atoms with van der Waals surface area (Å²) in [4.78, 5) is 7.85. The van der Waals surface area contributed by atoms with E-state index < -0.39 is 0 Å². The van der Waals surface area contributed by atoms with Crippen LogP contribution in [0, 0.1) is 0 Å². The number of halogens is 1. The summed E-state index contributed by atoms with van der Waals surface area (Å²) in [5.74, 6) is 0. The molecule has 0 N–H and O–H groups in total. The molecule has 2 heterocycles. The van der Waals surface area contributed by atoms with Crippen molar-refractivity contribution in [3.63, 3.8) is 0 Å². The molecule has 0 radical (unpaired) electrons. The Labute approximate surface area is 167 Å². The third-order valence-corrected chi connectivity index (χ3v) is 6.45. The minimum Gasteiger partial charge on any atom is -0.304 e. The summed E-state index contributed by atoms with van der Waals surface area (Å²) >= 11 is 1.94. The maximum absolute atomic E-state index is 2.60. The number of piperazine rings is 1. The highest BCUT2D eigenvalue weighted by Gasteiger charge is 2.17. The lowest BCUT2D eigenvalue weighted by molar-refractivity contribution is 0.156. The molecule has 0 aliphatic carbocycles. The Bertz CT molecular complexity index is 766. The normalized spacial score (nSPS) is 19.3. The molecule has 4 rings (SSSR count). The minimum atomic E-state index is 0.